The van der Waals surface area contributed by atoms with Crippen LogP contribution in [0.25, 0.3) is 0 Å². The van der Waals surface area contributed by atoms with E-state index in [0.29, 0.717) is 33.9 Å². The number of aromatic nitrogens is 1. The third kappa shape index (κ3) is 6.90. The number of nitrogens with one attached hydrogen (secondary N) is 3. The smallest absolute Gasteiger partial charge is 0.321 e. The van der Waals surface area contributed by atoms with Gasteiger partial charge in [0.25, 0.3) is 0 Å². The molecular weight excluding hydrogens is 403 g/mol. The summed E-state index contributed by atoms with van der Waals surface area (Å²) in [5, 5.41) is 8.67. The highest BCUT2D eigenvalue weighted by molar-refractivity contribution is 6.35. The normalized spacial score (nSPS) is 11.6. The van der Waals surface area contributed by atoms with Gasteiger partial charge >= 0.3 is 6.03 Å². The minimum atomic E-state index is -0.607. The Bertz CT molecular complexity index is 828. The molecule has 3 amide bonds. The number of carbonyl (C=O) groups is 2. The number of nitrogens with zero attached hydrogens (tertiary/aromatic N) is 1. The van der Waals surface area contributed by atoms with E-state index >= 15 is 0 Å². The van der Waals surface area contributed by atoms with Crippen LogP contribution >= 0.6 is 23.2 Å². The van der Waals surface area contributed by atoms with E-state index in [1.54, 1.807) is 37.3 Å². The zero-order valence-corrected chi connectivity index (χ0v) is 17.3. The molecular formula is C19H22Cl2N4O3. The summed E-state index contributed by atoms with van der Waals surface area (Å²) in [6, 6.07) is 7.30. The van der Waals surface area contributed by atoms with Crippen LogP contribution in [0.5, 0.6) is 11.6 Å². The molecule has 0 aliphatic heterocycles. The molecule has 1 aromatic heterocycles. The summed E-state index contributed by atoms with van der Waals surface area (Å²) in [6.45, 7) is 6.09. The molecule has 2 aromatic rings. The number of rotatable bonds is 7. The van der Waals surface area contributed by atoms with Gasteiger partial charge in [-0.05, 0) is 43.2 Å². The Kier molecular flexibility index (Phi) is 7.90. The fraction of sp³-hybridized carbons (Fsp3) is 0.316. The number of amides is 3. The molecule has 3 N–H and O–H groups in total. The van der Waals surface area contributed by atoms with Gasteiger partial charge in [-0.3, -0.25) is 10.1 Å². The summed E-state index contributed by atoms with van der Waals surface area (Å²) in [6.07, 6.45) is 1.44. The number of benzene rings is 1. The maximum Gasteiger partial charge on any atom is 0.321 e. The van der Waals surface area contributed by atoms with Crippen LogP contribution in [0, 0.1) is 5.92 Å². The zero-order chi connectivity index (χ0) is 20.7. The van der Waals surface area contributed by atoms with Crippen LogP contribution in [0.4, 0.5) is 10.5 Å². The first-order valence-electron chi connectivity index (χ1n) is 8.68. The fourth-order valence-corrected chi connectivity index (χ4v) is 2.50. The Labute approximate surface area is 173 Å². The molecule has 0 aliphatic rings. The molecule has 0 saturated carbocycles. The van der Waals surface area contributed by atoms with E-state index in [0.717, 1.165) is 0 Å². The molecule has 1 atom stereocenters. The summed E-state index contributed by atoms with van der Waals surface area (Å²) < 4.78 is 5.61. The number of ether oxygens (including phenoxy) is 1. The highest BCUT2D eigenvalue weighted by Crippen LogP contribution is 2.29. The Balaban J connectivity index is 1.89. The Morgan fingerprint density at radius 2 is 1.82 bits per heavy atom. The third-order valence-electron chi connectivity index (χ3n) is 3.53. The van der Waals surface area contributed by atoms with Gasteiger partial charge in [0.1, 0.15) is 16.8 Å². The first kappa shape index (κ1) is 21.8. The van der Waals surface area contributed by atoms with E-state index in [1.807, 2.05) is 13.8 Å². The SMILES string of the molecule is CC(C)CNC(=O)NC(=O)C(C)Nc1ccc(Oc2ncc(Cl)cc2Cl)cc1. The Hall–Kier alpha value is -2.51. The monoisotopic (exact) mass is 424 g/mol. The molecule has 9 heteroatoms. The van der Waals surface area contributed by atoms with E-state index in [9.17, 15) is 9.59 Å². The summed E-state index contributed by atoms with van der Waals surface area (Å²) in [5.41, 5.74) is 0.688. The van der Waals surface area contributed by atoms with Crippen LogP contribution in [-0.4, -0.2) is 29.5 Å². The van der Waals surface area contributed by atoms with Crippen molar-refractivity contribution in [2.24, 2.45) is 5.92 Å². The quantitative estimate of drug-likeness (QED) is 0.609. The molecule has 0 radical (unpaired) electrons. The second-order valence-electron chi connectivity index (χ2n) is 6.53. The molecule has 0 aliphatic carbocycles. The van der Waals surface area contributed by atoms with Crippen LogP contribution in [0.15, 0.2) is 36.5 Å². The van der Waals surface area contributed by atoms with Gasteiger partial charge in [-0.2, -0.15) is 0 Å². The van der Waals surface area contributed by atoms with Crippen molar-refractivity contribution in [2.45, 2.75) is 26.8 Å². The van der Waals surface area contributed by atoms with Crippen LogP contribution in [0.2, 0.25) is 10.0 Å². The Morgan fingerprint density at radius 1 is 1.14 bits per heavy atom. The van der Waals surface area contributed by atoms with Crippen LogP contribution in [0.3, 0.4) is 0 Å². The molecule has 1 unspecified atom stereocenters. The number of carbonyl (C=O) groups excluding carboxylic acids is 2. The van der Waals surface area contributed by atoms with Crippen molar-refractivity contribution in [3.8, 4) is 11.6 Å². The lowest BCUT2D eigenvalue weighted by atomic mass is 10.2. The first-order valence-corrected chi connectivity index (χ1v) is 9.44. The molecule has 150 valence electrons. The maximum atomic E-state index is 12.1. The maximum absolute atomic E-state index is 12.1. The minimum Gasteiger partial charge on any atom is -0.438 e. The van der Waals surface area contributed by atoms with Gasteiger partial charge in [-0.25, -0.2) is 9.78 Å². The number of imide groups is 1. The second kappa shape index (κ2) is 10.1. The minimum absolute atomic E-state index is 0.243. The number of anilines is 1. The third-order valence-corrected chi connectivity index (χ3v) is 4.00. The summed E-state index contributed by atoms with van der Waals surface area (Å²) in [5.74, 6) is 0.633. The topological polar surface area (TPSA) is 92.4 Å². The zero-order valence-electron chi connectivity index (χ0n) is 15.8. The lowest BCUT2D eigenvalue weighted by molar-refractivity contribution is -0.120. The van der Waals surface area contributed by atoms with Crippen molar-refractivity contribution in [2.75, 3.05) is 11.9 Å². The van der Waals surface area contributed by atoms with Gasteiger partial charge < -0.3 is 15.4 Å². The lowest BCUT2D eigenvalue weighted by Crippen LogP contribution is -2.46. The average molecular weight is 425 g/mol. The number of hydrogen-bond acceptors (Lipinski definition) is 5. The van der Waals surface area contributed by atoms with Crippen molar-refractivity contribution in [1.29, 1.82) is 0 Å². The van der Waals surface area contributed by atoms with Crippen molar-refractivity contribution in [3.63, 3.8) is 0 Å². The number of urea groups is 1. The summed E-state index contributed by atoms with van der Waals surface area (Å²) >= 11 is 11.8. The van der Waals surface area contributed by atoms with E-state index in [4.69, 9.17) is 27.9 Å². The first-order chi connectivity index (χ1) is 13.2. The standard InChI is InChI=1S/C19H22Cl2N4O3/c1-11(2)9-23-19(27)25-17(26)12(3)24-14-4-6-15(7-5-14)28-18-16(21)8-13(20)10-22-18/h4-8,10-12,24H,9H2,1-3H3,(H2,23,25,26,27). The van der Waals surface area contributed by atoms with E-state index in [2.05, 4.69) is 20.9 Å². The van der Waals surface area contributed by atoms with E-state index < -0.39 is 18.0 Å². The molecule has 2 rings (SSSR count). The molecule has 28 heavy (non-hydrogen) atoms. The van der Waals surface area contributed by atoms with Crippen molar-refractivity contribution >= 4 is 40.8 Å². The predicted octanol–water partition coefficient (Wildman–Crippen LogP) is 4.46. The highest BCUT2D eigenvalue weighted by Gasteiger charge is 2.16. The van der Waals surface area contributed by atoms with Crippen LogP contribution in [0.1, 0.15) is 20.8 Å². The van der Waals surface area contributed by atoms with Crippen molar-refractivity contribution < 1.29 is 14.3 Å². The van der Waals surface area contributed by atoms with Gasteiger partial charge in [0.2, 0.25) is 11.8 Å². The van der Waals surface area contributed by atoms with Gasteiger partial charge in [-0.15, -0.1) is 0 Å². The molecule has 0 fully saturated rings. The van der Waals surface area contributed by atoms with Gasteiger partial charge in [0, 0.05) is 18.4 Å². The largest absolute Gasteiger partial charge is 0.438 e. The lowest BCUT2D eigenvalue weighted by Gasteiger charge is -2.16. The molecule has 0 saturated heterocycles. The highest BCUT2D eigenvalue weighted by atomic mass is 35.5. The molecule has 0 bridgehead atoms. The molecule has 7 nitrogen and oxygen atoms in total. The van der Waals surface area contributed by atoms with E-state index in [-0.39, 0.29) is 5.88 Å². The van der Waals surface area contributed by atoms with Gasteiger partial charge in [-0.1, -0.05) is 37.0 Å². The fourth-order valence-electron chi connectivity index (χ4n) is 2.08. The van der Waals surface area contributed by atoms with Crippen LogP contribution < -0.4 is 20.7 Å². The van der Waals surface area contributed by atoms with Gasteiger partial charge in [0.05, 0.1) is 5.02 Å². The molecule has 1 aromatic carbocycles. The Morgan fingerprint density at radius 3 is 2.43 bits per heavy atom. The number of halogens is 2. The number of pyridine rings is 1. The molecule has 0 spiro atoms. The predicted molar refractivity (Wildman–Crippen MR) is 110 cm³/mol. The molecule has 1 heterocycles. The van der Waals surface area contributed by atoms with Crippen LogP contribution in [-0.2, 0) is 4.79 Å². The van der Waals surface area contributed by atoms with Crippen molar-refractivity contribution in [1.82, 2.24) is 15.6 Å². The van der Waals surface area contributed by atoms with Gasteiger partial charge in [0.15, 0.2) is 0 Å². The van der Waals surface area contributed by atoms with E-state index in [1.165, 1.54) is 6.20 Å². The summed E-state index contributed by atoms with van der Waals surface area (Å²) in [4.78, 5) is 27.8. The second-order valence-corrected chi connectivity index (χ2v) is 7.37. The average Bonchev–Trinajstić information content (AvgIpc) is 2.63. The number of hydrogen-bond donors (Lipinski definition) is 3. The van der Waals surface area contributed by atoms with Crippen molar-refractivity contribution in [3.05, 3.63) is 46.6 Å². The summed E-state index contributed by atoms with van der Waals surface area (Å²) in [7, 11) is 0.